The zero-order valence-corrected chi connectivity index (χ0v) is 25.0. The summed E-state index contributed by atoms with van der Waals surface area (Å²) in [6.07, 6.45) is 1.27. The highest BCUT2D eigenvalue weighted by Crippen LogP contribution is 2.16. The maximum absolute atomic E-state index is 13.8. The van der Waals surface area contributed by atoms with Crippen LogP contribution in [0.25, 0.3) is 0 Å². The summed E-state index contributed by atoms with van der Waals surface area (Å²) in [5.41, 5.74) is 9.98. The molecular formula is C34H39N5O5. The molecule has 1 aromatic heterocycles. The Kier molecular flexibility index (Phi) is 11.5. The summed E-state index contributed by atoms with van der Waals surface area (Å²) in [5, 5.41) is 8.49. The molecule has 0 saturated heterocycles. The van der Waals surface area contributed by atoms with Crippen LogP contribution in [0.3, 0.4) is 0 Å². The molecule has 0 bridgehead atoms. The minimum atomic E-state index is -1.04. The van der Waals surface area contributed by atoms with Crippen molar-refractivity contribution in [3.8, 4) is 11.6 Å². The van der Waals surface area contributed by atoms with Crippen LogP contribution < -0.4 is 31.2 Å². The number of hydrogen-bond donors (Lipinski definition) is 5. The first-order valence-electron chi connectivity index (χ1n) is 14.6. The Balaban J connectivity index is 1.51. The molecule has 44 heavy (non-hydrogen) atoms. The highest BCUT2D eigenvalue weighted by molar-refractivity contribution is 5.91. The zero-order chi connectivity index (χ0) is 31.3. The molecule has 10 heteroatoms. The van der Waals surface area contributed by atoms with Crippen molar-refractivity contribution in [1.82, 2.24) is 20.9 Å². The summed E-state index contributed by atoms with van der Waals surface area (Å²) in [5.74, 6) is 0.101. The van der Waals surface area contributed by atoms with Crippen molar-refractivity contribution in [2.24, 2.45) is 5.73 Å². The number of H-pyrrole nitrogens is 1. The standard InChI is InChI=1S/C34H39N5O5/c1-3-43-28-15-13-25(14-16-28)20-30(39-34(42)44-33-23(2)17-18-36-33)32(41)38-29(19-24-7-5-4-6-8-24)31(40)37-22-27-11-9-26(21-35)10-12-27/h4-18,29-30,36H,3,19-22,35H2,1-2H3,(H,37,40)(H,38,41)(H,39,42)/t29-,30+/m0/s1. The van der Waals surface area contributed by atoms with Crippen LogP contribution in [0.15, 0.2) is 91.1 Å². The molecule has 4 aromatic rings. The van der Waals surface area contributed by atoms with Gasteiger partial charge in [-0.05, 0) is 54.3 Å². The first-order valence-corrected chi connectivity index (χ1v) is 14.6. The fourth-order valence-electron chi connectivity index (χ4n) is 4.58. The lowest BCUT2D eigenvalue weighted by atomic mass is 10.0. The van der Waals surface area contributed by atoms with Gasteiger partial charge in [-0.2, -0.15) is 0 Å². The molecule has 3 amide bonds. The Morgan fingerprint density at radius 3 is 2.00 bits per heavy atom. The van der Waals surface area contributed by atoms with E-state index in [0.29, 0.717) is 18.9 Å². The average Bonchev–Trinajstić information content (AvgIpc) is 3.44. The SMILES string of the molecule is CCOc1ccc(C[C@@H](NC(=O)Oc2[nH]ccc2C)C(=O)N[C@@H](Cc2ccccc2)C(=O)NCc2ccc(CN)cc2)cc1. The van der Waals surface area contributed by atoms with Crippen LogP contribution in [0.2, 0.25) is 0 Å². The lowest BCUT2D eigenvalue weighted by Crippen LogP contribution is -2.55. The van der Waals surface area contributed by atoms with E-state index in [9.17, 15) is 14.4 Å². The van der Waals surface area contributed by atoms with E-state index in [1.807, 2.05) is 73.7 Å². The van der Waals surface area contributed by atoms with E-state index in [1.165, 1.54) is 0 Å². The predicted octanol–water partition coefficient (Wildman–Crippen LogP) is 3.92. The molecular weight excluding hydrogens is 558 g/mol. The van der Waals surface area contributed by atoms with Crippen molar-refractivity contribution in [2.45, 2.75) is 51.9 Å². The summed E-state index contributed by atoms with van der Waals surface area (Å²) < 4.78 is 10.9. The summed E-state index contributed by atoms with van der Waals surface area (Å²) in [4.78, 5) is 43.0. The van der Waals surface area contributed by atoms with Crippen molar-refractivity contribution in [3.63, 3.8) is 0 Å². The molecule has 1 heterocycles. The number of carbonyl (C=O) groups is 3. The zero-order valence-electron chi connectivity index (χ0n) is 25.0. The predicted molar refractivity (Wildman–Crippen MR) is 168 cm³/mol. The normalized spacial score (nSPS) is 12.1. The van der Waals surface area contributed by atoms with E-state index < -0.39 is 24.1 Å². The molecule has 0 unspecified atom stereocenters. The first-order chi connectivity index (χ1) is 21.3. The number of rotatable bonds is 14. The van der Waals surface area contributed by atoms with Crippen molar-refractivity contribution < 1.29 is 23.9 Å². The first kappa shape index (κ1) is 31.8. The van der Waals surface area contributed by atoms with Crippen LogP contribution in [0.1, 0.15) is 34.7 Å². The molecule has 0 aliphatic carbocycles. The van der Waals surface area contributed by atoms with E-state index in [-0.39, 0.29) is 31.2 Å². The lowest BCUT2D eigenvalue weighted by Gasteiger charge is -2.23. The molecule has 0 radical (unpaired) electrons. The second-order valence-electron chi connectivity index (χ2n) is 10.3. The Bertz CT molecular complexity index is 1500. The highest BCUT2D eigenvalue weighted by Gasteiger charge is 2.28. The van der Waals surface area contributed by atoms with Gasteiger partial charge in [0, 0.05) is 37.7 Å². The number of nitrogens with one attached hydrogen (secondary N) is 4. The fourth-order valence-corrected chi connectivity index (χ4v) is 4.58. The Labute approximate surface area is 257 Å². The second kappa shape index (κ2) is 15.9. The topological polar surface area (TPSA) is 148 Å². The van der Waals surface area contributed by atoms with Crippen molar-refractivity contribution in [1.29, 1.82) is 0 Å². The molecule has 4 rings (SSSR count). The van der Waals surface area contributed by atoms with Gasteiger partial charge in [-0.25, -0.2) is 4.79 Å². The fraction of sp³-hybridized carbons (Fsp3) is 0.265. The molecule has 0 fully saturated rings. The number of hydrogen-bond acceptors (Lipinski definition) is 6. The number of nitrogens with two attached hydrogens (primary N) is 1. The van der Waals surface area contributed by atoms with Gasteiger partial charge in [0.2, 0.25) is 17.7 Å². The summed E-state index contributed by atoms with van der Waals surface area (Å²) in [6, 6.07) is 24.2. The smallest absolute Gasteiger partial charge is 0.414 e. The largest absolute Gasteiger partial charge is 0.494 e. The van der Waals surface area contributed by atoms with E-state index in [0.717, 1.165) is 27.8 Å². The van der Waals surface area contributed by atoms with Gasteiger partial charge in [-0.3, -0.25) is 9.59 Å². The van der Waals surface area contributed by atoms with Crippen LogP contribution in [-0.2, 0) is 35.5 Å². The van der Waals surface area contributed by atoms with Crippen molar-refractivity contribution in [3.05, 3.63) is 119 Å². The average molecular weight is 598 g/mol. The molecule has 10 nitrogen and oxygen atoms in total. The van der Waals surface area contributed by atoms with Gasteiger partial charge in [0.25, 0.3) is 0 Å². The summed E-state index contributed by atoms with van der Waals surface area (Å²) in [6.45, 7) is 4.93. The second-order valence-corrected chi connectivity index (χ2v) is 10.3. The molecule has 230 valence electrons. The minimum Gasteiger partial charge on any atom is -0.494 e. The van der Waals surface area contributed by atoms with Gasteiger partial charge >= 0.3 is 6.09 Å². The van der Waals surface area contributed by atoms with Gasteiger partial charge in [0.1, 0.15) is 17.8 Å². The summed E-state index contributed by atoms with van der Waals surface area (Å²) >= 11 is 0. The van der Waals surface area contributed by atoms with Crippen molar-refractivity contribution in [2.75, 3.05) is 6.61 Å². The molecule has 0 aliphatic heterocycles. The van der Waals surface area contributed by atoms with Crippen LogP contribution >= 0.6 is 0 Å². The van der Waals surface area contributed by atoms with Crippen LogP contribution in [0.4, 0.5) is 4.79 Å². The Morgan fingerprint density at radius 2 is 1.39 bits per heavy atom. The number of carbonyl (C=O) groups excluding carboxylic acids is 3. The third kappa shape index (κ3) is 9.47. The third-order valence-corrected chi connectivity index (χ3v) is 7.02. The lowest BCUT2D eigenvalue weighted by molar-refractivity contribution is -0.130. The van der Waals surface area contributed by atoms with Gasteiger partial charge < -0.3 is 36.1 Å². The van der Waals surface area contributed by atoms with E-state index in [4.69, 9.17) is 15.2 Å². The Morgan fingerprint density at radius 1 is 0.773 bits per heavy atom. The van der Waals surface area contributed by atoms with Crippen LogP contribution in [-0.4, -0.2) is 41.6 Å². The molecule has 0 aliphatic rings. The van der Waals surface area contributed by atoms with Gasteiger partial charge in [0.05, 0.1) is 6.61 Å². The van der Waals surface area contributed by atoms with Gasteiger partial charge in [0.15, 0.2) is 0 Å². The Hall–Kier alpha value is -5.09. The number of aromatic amines is 1. The molecule has 6 N–H and O–H groups in total. The number of benzene rings is 3. The van der Waals surface area contributed by atoms with E-state index in [1.54, 1.807) is 31.3 Å². The van der Waals surface area contributed by atoms with Gasteiger partial charge in [-0.15, -0.1) is 0 Å². The number of aryl methyl sites for hydroxylation is 1. The van der Waals surface area contributed by atoms with Crippen LogP contribution in [0.5, 0.6) is 11.6 Å². The molecule has 0 saturated carbocycles. The molecule has 2 atom stereocenters. The van der Waals surface area contributed by atoms with E-state index in [2.05, 4.69) is 20.9 Å². The number of amides is 3. The number of aromatic nitrogens is 1. The molecule has 0 spiro atoms. The maximum atomic E-state index is 13.8. The van der Waals surface area contributed by atoms with Crippen LogP contribution in [0, 0.1) is 6.92 Å². The minimum absolute atomic E-state index is 0.157. The van der Waals surface area contributed by atoms with E-state index >= 15 is 0 Å². The third-order valence-electron chi connectivity index (χ3n) is 7.02. The maximum Gasteiger partial charge on any atom is 0.414 e. The summed E-state index contributed by atoms with van der Waals surface area (Å²) in [7, 11) is 0. The van der Waals surface area contributed by atoms with Crippen molar-refractivity contribution >= 4 is 17.9 Å². The highest BCUT2D eigenvalue weighted by atomic mass is 16.6. The molecule has 3 aromatic carbocycles. The monoisotopic (exact) mass is 597 g/mol. The number of ether oxygens (including phenoxy) is 2. The van der Waals surface area contributed by atoms with Gasteiger partial charge in [-0.1, -0.05) is 66.7 Å². The quantitative estimate of drug-likeness (QED) is 0.149.